The third kappa shape index (κ3) is 6.60. The fourth-order valence-electron chi connectivity index (χ4n) is 2.01. The first-order chi connectivity index (χ1) is 9.21. The molecule has 4 heteroatoms. The molecule has 0 bridgehead atoms. The minimum atomic E-state index is 0. The molecule has 0 saturated carbocycles. The lowest BCUT2D eigenvalue weighted by molar-refractivity contribution is 0.151. The van der Waals surface area contributed by atoms with Crippen LogP contribution >= 0.6 is 12.4 Å². The van der Waals surface area contributed by atoms with Crippen LogP contribution in [0.25, 0.3) is 0 Å². The van der Waals surface area contributed by atoms with E-state index < -0.39 is 0 Å². The highest BCUT2D eigenvalue weighted by atomic mass is 35.5. The van der Waals surface area contributed by atoms with E-state index in [9.17, 15) is 0 Å². The van der Waals surface area contributed by atoms with Gasteiger partial charge >= 0.3 is 0 Å². The molecule has 0 saturated heterocycles. The van der Waals surface area contributed by atoms with Gasteiger partial charge in [0.1, 0.15) is 5.75 Å². The van der Waals surface area contributed by atoms with Crippen LogP contribution in [0.5, 0.6) is 5.75 Å². The molecule has 0 aliphatic carbocycles. The smallest absolute Gasteiger partial charge is 0.122 e. The minimum absolute atomic E-state index is 0. The summed E-state index contributed by atoms with van der Waals surface area (Å²) in [6.07, 6.45) is 2.79. The predicted molar refractivity (Wildman–Crippen MR) is 87.0 cm³/mol. The Morgan fingerprint density at radius 1 is 1.15 bits per heavy atom. The van der Waals surface area contributed by atoms with Gasteiger partial charge in [-0.15, -0.1) is 12.4 Å². The molecule has 0 heterocycles. The largest absolute Gasteiger partial charge is 0.494 e. The molecule has 1 rings (SSSR count). The van der Waals surface area contributed by atoms with E-state index in [-0.39, 0.29) is 18.4 Å². The van der Waals surface area contributed by atoms with Crippen molar-refractivity contribution < 1.29 is 9.47 Å². The van der Waals surface area contributed by atoms with Crippen molar-refractivity contribution in [2.24, 2.45) is 5.73 Å². The zero-order chi connectivity index (χ0) is 14.1. The van der Waals surface area contributed by atoms with Crippen LogP contribution in [0.4, 0.5) is 0 Å². The summed E-state index contributed by atoms with van der Waals surface area (Å²) in [4.78, 5) is 0. The molecular weight excluding hydrogens is 274 g/mol. The molecule has 0 amide bonds. The van der Waals surface area contributed by atoms with Crippen molar-refractivity contribution in [3.05, 3.63) is 29.3 Å². The van der Waals surface area contributed by atoms with Gasteiger partial charge in [-0.2, -0.15) is 0 Å². The number of halogens is 1. The molecule has 0 radical (unpaired) electrons. The summed E-state index contributed by atoms with van der Waals surface area (Å²) in [6.45, 7) is 8.36. The average molecular weight is 302 g/mol. The maximum atomic E-state index is 6.06. The van der Waals surface area contributed by atoms with Gasteiger partial charge in [-0.3, -0.25) is 0 Å². The first kappa shape index (κ1) is 19.2. The van der Waals surface area contributed by atoms with Crippen LogP contribution in [0.3, 0.4) is 0 Å². The van der Waals surface area contributed by atoms with E-state index in [2.05, 4.69) is 25.1 Å². The summed E-state index contributed by atoms with van der Waals surface area (Å²) in [5.41, 5.74) is 8.56. The van der Waals surface area contributed by atoms with Gasteiger partial charge in [-0.1, -0.05) is 19.1 Å². The Morgan fingerprint density at radius 3 is 2.50 bits per heavy atom. The van der Waals surface area contributed by atoms with Crippen LogP contribution in [0.15, 0.2) is 18.2 Å². The van der Waals surface area contributed by atoms with E-state index in [1.807, 2.05) is 13.8 Å². The fraction of sp³-hybridized carbons (Fsp3) is 0.625. The van der Waals surface area contributed by atoms with Gasteiger partial charge < -0.3 is 15.2 Å². The van der Waals surface area contributed by atoms with Gasteiger partial charge in [-0.05, 0) is 50.3 Å². The van der Waals surface area contributed by atoms with Crippen LogP contribution in [0.1, 0.15) is 38.3 Å². The topological polar surface area (TPSA) is 44.5 Å². The van der Waals surface area contributed by atoms with E-state index >= 15 is 0 Å². The molecule has 0 aromatic heterocycles. The third-order valence-electron chi connectivity index (χ3n) is 3.17. The molecule has 20 heavy (non-hydrogen) atoms. The first-order valence-electron chi connectivity index (χ1n) is 7.29. The van der Waals surface area contributed by atoms with Crippen molar-refractivity contribution in [2.75, 3.05) is 19.8 Å². The normalized spacial score (nSPS) is 11.8. The summed E-state index contributed by atoms with van der Waals surface area (Å²) in [5, 5.41) is 0. The van der Waals surface area contributed by atoms with Gasteiger partial charge in [0.15, 0.2) is 0 Å². The maximum absolute atomic E-state index is 6.06. The fourth-order valence-corrected chi connectivity index (χ4v) is 2.01. The summed E-state index contributed by atoms with van der Waals surface area (Å²) in [6, 6.07) is 6.58. The van der Waals surface area contributed by atoms with Crippen molar-refractivity contribution in [3.8, 4) is 5.75 Å². The Balaban J connectivity index is 0.00000361. The Bertz CT molecular complexity index is 371. The van der Waals surface area contributed by atoms with E-state index in [4.69, 9.17) is 15.2 Å². The lowest BCUT2D eigenvalue weighted by atomic mass is 10.0. The summed E-state index contributed by atoms with van der Waals surface area (Å²) < 4.78 is 11.1. The second kappa shape index (κ2) is 11.0. The average Bonchev–Trinajstić information content (AvgIpc) is 2.42. The summed E-state index contributed by atoms with van der Waals surface area (Å²) in [5.74, 6) is 0.964. The molecule has 3 nitrogen and oxygen atoms in total. The monoisotopic (exact) mass is 301 g/mol. The minimum Gasteiger partial charge on any atom is -0.494 e. The first-order valence-corrected chi connectivity index (χ1v) is 7.29. The SMILES string of the molecule is CCOCCc1ccc(OCC)c(CC(N)CC)c1.Cl. The van der Waals surface area contributed by atoms with Gasteiger partial charge in [0.25, 0.3) is 0 Å². The number of hydrogen-bond acceptors (Lipinski definition) is 3. The number of hydrogen-bond donors (Lipinski definition) is 1. The lowest BCUT2D eigenvalue weighted by Gasteiger charge is -2.15. The van der Waals surface area contributed by atoms with E-state index in [0.717, 1.165) is 38.2 Å². The highest BCUT2D eigenvalue weighted by molar-refractivity contribution is 5.85. The standard InChI is InChI=1S/C16H27NO2.ClH/c1-4-15(17)12-14-11-13(9-10-18-5-2)7-8-16(14)19-6-3;/h7-8,11,15H,4-6,9-10,12,17H2,1-3H3;1H. The van der Waals surface area contributed by atoms with Crippen molar-refractivity contribution in [2.45, 2.75) is 46.1 Å². The molecule has 0 fully saturated rings. The van der Waals surface area contributed by atoms with Crippen LogP contribution in [0, 0.1) is 0 Å². The quantitative estimate of drug-likeness (QED) is 0.711. The van der Waals surface area contributed by atoms with Crippen LogP contribution < -0.4 is 10.5 Å². The number of nitrogens with two attached hydrogens (primary N) is 1. The second-order valence-corrected chi connectivity index (χ2v) is 4.69. The molecule has 1 aromatic rings. The Hall–Kier alpha value is -0.770. The molecule has 0 aliphatic heterocycles. The highest BCUT2D eigenvalue weighted by Gasteiger charge is 2.09. The van der Waals surface area contributed by atoms with Gasteiger partial charge in [0, 0.05) is 12.6 Å². The molecule has 1 atom stereocenters. The van der Waals surface area contributed by atoms with E-state index in [1.54, 1.807) is 0 Å². The summed E-state index contributed by atoms with van der Waals surface area (Å²) >= 11 is 0. The number of ether oxygens (including phenoxy) is 2. The van der Waals surface area contributed by atoms with Crippen molar-refractivity contribution in [1.29, 1.82) is 0 Å². The Labute approximate surface area is 129 Å². The molecular formula is C16H28ClNO2. The number of benzene rings is 1. The van der Waals surface area contributed by atoms with Crippen LogP contribution in [-0.4, -0.2) is 25.9 Å². The zero-order valence-corrected chi connectivity index (χ0v) is 13.7. The predicted octanol–water partition coefficient (Wildman–Crippen LogP) is 3.37. The van der Waals surface area contributed by atoms with Crippen LogP contribution in [-0.2, 0) is 17.6 Å². The van der Waals surface area contributed by atoms with E-state index in [1.165, 1.54) is 11.1 Å². The van der Waals surface area contributed by atoms with Crippen molar-refractivity contribution in [1.82, 2.24) is 0 Å². The molecule has 0 spiro atoms. The molecule has 1 unspecified atom stereocenters. The Morgan fingerprint density at radius 2 is 1.90 bits per heavy atom. The second-order valence-electron chi connectivity index (χ2n) is 4.69. The van der Waals surface area contributed by atoms with Gasteiger partial charge in [0.05, 0.1) is 13.2 Å². The van der Waals surface area contributed by atoms with E-state index in [0.29, 0.717) is 6.61 Å². The molecule has 2 N–H and O–H groups in total. The van der Waals surface area contributed by atoms with Gasteiger partial charge in [0.2, 0.25) is 0 Å². The lowest BCUT2D eigenvalue weighted by Crippen LogP contribution is -2.22. The van der Waals surface area contributed by atoms with Gasteiger partial charge in [-0.25, -0.2) is 0 Å². The zero-order valence-electron chi connectivity index (χ0n) is 12.9. The summed E-state index contributed by atoms with van der Waals surface area (Å²) in [7, 11) is 0. The van der Waals surface area contributed by atoms with Crippen LogP contribution in [0.2, 0.25) is 0 Å². The molecule has 0 aliphatic rings. The number of rotatable bonds is 9. The molecule has 1 aromatic carbocycles. The third-order valence-corrected chi connectivity index (χ3v) is 3.17. The van der Waals surface area contributed by atoms with Crippen molar-refractivity contribution in [3.63, 3.8) is 0 Å². The maximum Gasteiger partial charge on any atom is 0.122 e. The highest BCUT2D eigenvalue weighted by Crippen LogP contribution is 2.22. The van der Waals surface area contributed by atoms with Crippen molar-refractivity contribution >= 4 is 12.4 Å². The molecule has 116 valence electrons. The Kier molecular flexibility index (Phi) is 10.5.